The Morgan fingerprint density at radius 3 is 2.71 bits per heavy atom. The molecule has 4 nitrogen and oxygen atoms in total. The van der Waals surface area contributed by atoms with Crippen LogP contribution in [0.1, 0.15) is 44.6 Å². The quantitative estimate of drug-likeness (QED) is 0.858. The molecule has 2 rings (SSSR count). The molecule has 0 fully saturated rings. The average Bonchev–Trinajstić information content (AvgIpc) is 2.90. The first-order valence-corrected chi connectivity index (χ1v) is 6.19. The van der Waals surface area contributed by atoms with E-state index in [1.807, 2.05) is 6.07 Å². The van der Waals surface area contributed by atoms with Crippen LogP contribution in [0.4, 0.5) is 0 Å². The van der Waals surface area contributed by atoms with E-state index in [4.69, 9.17) is 0 Å². The summed E-state index contributed by atoms with van der Waals surface area (Å²) in [6, 6.07) is 8.35. The van der Waals surface area contributed by atoms with Crippen LogP contribution in [-0.2, 0) is 0 Å². The second-order valence-corrected chi connectivity index (χ2v) is 4.22. The summed E-state index contributed by atoms with van der Waals surface area (Å²) < 4.78 is 0. The van der Waals surface area contributed by atoms with Crippen LogP contribution in [-0.4, -0.2) is 20.6 Å². The van der Waals surface area contributed by atoms with E-state index in [9.17, 15) is 0 Å². The first-order valence-electron chi connectivity index (χ1n) is 6.19. The maximum atomic E-state index is 4.08. The van der Waals surface area contributed by atoms with Crippen molar-refractivity contribution in [2.24, 2.45) is 0 Å². The number of tetrazole rings is 1. The van der Waals surface area contributed by atoms with Gasteiger partial charge in [-0.2, -0.15) is 5.21 Å². The fourth-order valence-electron chi connectivity index (χ4n) is 2.26. The van der Waals surface area contributed by atoms with Gasteiger partial charge < -0.3 is 0 Å². The van der Waals surface area contributed by atoms with Gasteiger partial charge in [-0.1, -0.05) is 44.5 Å². The van der Waals surface area contributed by atoms with Crippen molar-refractivity contribution in [2.75, 3.05) is 0 Å². The van der Waals surface area contributed by atoms with Gasteiger partial charge in [0, 0.05) is 5.56 Å². The van der Waals surface area contributed by atoms with Crippen LogP contribution in [0.15, 0.2) is 24.3 Å². The molecule has 0 bridgehead atoms. The molecular weight excluding hydrogens is 212 g/mol. The zero-order valence-electron chi connectivity index (χ0n) is 10.3. The molecule has 0 aliphatic heterocycles. The van der Waals surface area contributed by atoms with Gasteiger partial charge in [0.05, 0.1) is 0 Å². The Kier molecular flexibility index (Phi) is 3.85. The van der Waals surface area contributed by atoms with E-state index in [0.29, 0.717) is 11.7 Å². The van der Waals surface area contributed by atoms with E-state index in [1.165, 1.54) is 18.4 Å². The molecule has 0 radical (unpaired) electrons. The van der Waals surface area contributed by atoms with E-state index in [0.717, 1.165) is 12.0 Å². The lowest BCUT2D eigenvalue weighted by atomic mass is 9.88. The smallest absolute Gasteiger partial charge is 0.177 e. The van der Waals surface area contributed by atoms with Gasteiger partial charge in [0.15, 0.2) is 0 Å². The van der Waals surface area contributed by atoms with Crippen LogP contribution < -0.4 is 0 Å². The molecule has 1 heterocycles. The van der Waals surface area contributed by atoms with Gasteiger partial charge in [-0.3, -0.25) is 0 Å². The van der Waals surface area contributed by atoms with Gasteiger partial charge in [-0.15, -0.1) is 10.2 Å². The molecule has 0 saturated carbocycles. The van der Waals surface area contributed by atoms with Crippen molar-refractivity contribution < 1.29 is 0 Å². The number of benzene rings is 1. The highest BCUT2D eigenvalue weighted by molar-refractivity contribution is 5.60. The SMILES string of the molecule is CCCC(CC)c1ccccc1-c1nn[nH]n1. The molecule has 1 atom stereocenters. The Morgan fingerprint density at radius 1 is 1.24 bits per heavy atom. The fraction of sp³-hybridized carbons (Fsp3) is 0.462. The second-order valence-electron chi connectivity index (χ2n) is 4.22. The fourth-order valence-corrected chi connectivity index (χ4v) is 2.26. The third kappa shape index (κ3) is 2.52. The van der Waals surface area contributed by atoms with Crippen molar-refractivity contribution in [3.05, 3.63) is 29.8 Å². The highest BCUT2D eigenvalue weighted by atomic mass is 15.5. The summed E-state index contributed by atoms with van der Waals surface area (Å²) in [5, 5.41) is 14.3. The molecule has 0 spiro atoms. The third-order valence-corrected chi connectivity index (χ3v) is 3.12. The minimum atomic E-state index is 0.578. The van der Waals surface area contributed by atoms with Crippen molar-refractivity contribution in [3.8, 4) is 11.4 Å². The van der Waals surface area contributed by atoms with Crippen molar-refractivity contribution >= 4 is 0 Å². The highest BCUT2D eigenvalue weighted by Gasteiger charge is 2.15. The molecule has 4 heteroatoms. The maximum absolute atomic E-state index is 4.08. The van der Waals surface area contributed by atoms with Crippen LogP contribution in [0.2, 0.25) is 0 Å². The van der Waals surface area contributed by atoms with Crippen LogP contribution in [0.5, 0.6) is 0 Å². The molecular formula is C13H18N4. The minimum Gasteiger partial charge on any atom is -0.177 e. The third-order valence-electron chi connectivity index (χ3n) is 3.12. The van der Waals surface area contributed by atoms with Gasteiger partial charge >= 0.3 is 0 Å². The lowest BCUT2D eigenvalue weighted by Crippen LogP contribution is -2.00. The Balaban J connectivity index is 2.39. The van der Waals surface area contributed by atoms with Crippen LogP contribution in [0, 0.1) is 0 Å². The average molecular weight is 230 g/mol. The van der Waals surface area contributed by atoms with E-state index in [-0.39, 0.29) is 0 Å². The van der Waals surface area contributed by atoms with E-state index < -0.39 is 0 Å². The molecule has 90 valence electrons. The van der Waals surface area contributed by atoms with E-state index in [1.54, 1.807) is 0 Å². The monoisotopic (exact) mass is 230 g/mol. The summed E-state index contributed by atoms with van der Waals surface area (Å²) in [6.07, 6.45) is 3.53. The Bertz CT molecular complexity index is 450. The predicted molar refractivity (Wildman–Crippen MR) is 67.6 cm³/mol. The molecule has 1 unspecified atom stereocenters. The standard InChI is InChI=1S/C13H18N4/c1-3-7-10(4-2)11-8-5-6-9-12(11)13-14-16-17-15-13/h5-6,8-10H,3-4,7H2,1-2H3,(H,14,15,16,17). The predicted octanol–water partition coefficient (Wildman–Crippen LogP) is 3.16. The van der Waals surface area contributed by atoms with Crippen molar-refractivity contribution in [3.63, 3.8) is 0 Å². The number of rotatable bonds is 5. The zero-order chi connectivity index (χ0) is 12.1. The van der Waals surface area contributed by atoms with Crippen molar-refractivity contribution in [1.29, 1.82) is 0 Å². The molecule has 1 aromatic carbocycles. The number of aromatic nitrogens is 4. The number of hydrogen-bond donors (Lipinski definition) is 1. The summed E-state index contributed by atoms with van der Waals surface area (Å²) in [5.41, 5.74) is 2.43. The molecule has 2 aromatic rings. The molecule has 0 aliphatic rings. The first-order chi connectivity index (χ1) is 8.36. The van der Waals surface area contributed by atoms with Crippen molar-refractivity contribution in [2.45, 2.75) is 39.0 Å². The topological polar surface area (TPSA) is 54.5 Å². The van der Waals surface area contributed by atoms with Gasteiger partial charge in [0.25, 0.3) is 0 Å². The second kappa shape index (κ2) is 5.57. The van der Waals surface area contributed by atoms with E-state index >= 15 is 0 Å². The zero-order valence-corrected chi connectivity index (χ0v) is 10.3. The summed E-state index contributed by atoms with van der Waals surface area (Å²) in [6.45, 7) is 4.45. The van der Waals surface area contributed by atoms with Gasteiger partial charge in [-0.05, 0) is 29.5 Å². The molecule has 17 heavy (non-hydrogen) atoms. The molecule has 1 N–H and O–H groups in total. The maximum Gasteiger partial charge on any atom is 0.204 e. The summed E-state index contributed by atoms with van der Waals surface area (Å²) in [4.78, 5) is 0. The number of nitrogens with one attached hydrogen (secondary N) is 1. The summed E-state index contributed by atoms with van der Waals surface area (Å²) in [7, 11) is 0. The number of H-pyrrole nitrogens is 1. The van der Waals surface area contributed by atoms with Crippen LogP contribution >= 0.6 is 0 Å². The normalized spacial score (nSPS) is 12.6. The summed E-state index contributed by atoms with van der Waals surface area (Å²) >= 11 is 0. The molecule has 0 aliphatic carbocycles. The van der Waals surface area contributed by atoms with Gasteiger partial charge in [0.1, 0.15) is 0 Å². The van der Waals surface area contributed by atoms with Crippen LogP contribution in [0.25, 0.3) is 11.4 Å². The van der Waals surface area contributed by atoms with E-state index in [2.05, 4.69) is 52.7 Å². The Labute approximate surface area is 101 Å². The Hall–Kier alpha value is -1.71. The number of aromatic amines is 1. The van der Waals surface area contributed by atoms with Gasteiger partial charge in [-0.25, -0.2) is 0 Å². The Morgan fingerprint density at radius 2 is 2.06 bits per heavy atom. The number of hydrogen-bond acceptors (Lipinski definition) is 3. The van der Waals surface area contributed by atoms with Gasteiger partial charge in [0.2, 0.25) is 5.82 Å². The highest BCUT2D eigenvalue weighted by Crippen LogP contribution is 2.31. The lowest BCUT2D eigenvalue weighted by molar-refractivity contribution is 0.597. The summed E-state index contributed by atoms with van der Waals surface area (Å²) in [5.74, 6) is 1.27. The minimum absolute atomic E-state index is 0.578. The molecule has 0 amide bonds. The number of nitrogens with zero attached hydrogens (tertiary/aromatic N) is 3. The van der Waals surface area contributed by atoms with Crippen molar-refractivity contribution in [1.82, 2.24) is 20.6 Å². The largest absolute Gasteiger partial charge is 0.204 e. The molecule has 0 saturated heterocycles. The van der Waals surface area contributed by atoms with Crippen LogP contribution in [0.3, 0.4) is 0 Å². The first kappa shape index (κ1) is 11.8. The molecule has 1 aromatic heterocycles. The lowest BCUT2D eigenvalue weighted by Gasteiger charge is -2.16.